The quantitative estimate of drug-likeness (QED) is 0.790. The lowest BCUT2D eigenvalue weighted by molar-refractivity contribution is 0.584. The Morgan fingerprint density at radius 3 is 2.08 bits per heavy atom. The molecule has 0 bridgehead atoms. The van der Waals surface area contributed by atoms with Crippen molar-refractivity contribution in [2.24, 2.45) is 0 Å². The van der Waals surface area contributed by atoms with Crippen molar-refractivity contribution < 1.29 is 21.2 Å². The maximum atomic E-state index is 13.1. The van der Waals surface area contributed by atoms with Crippen LogP contribution in [0.5, 0.6) is 0 Å². The number of benzene rings is 2. The van der Waals surface area contributed by atoms with Crippen molar-refractivity contribution >= 4 is 37.3 Å². The predicted molar refractivity (Wildman–Crippen MR) is 89.5 cm³/mol. The molecule has 2 aromatic rings. The van der Waals surface area contributed by atoms with E-state index in [9.17, 15) is 21.2 Å². The Labute approximate surface area is 144 Å². The Bertz CT molecular complexity index is 945. The van der Waals surface area contributed by atoms with E-state index in [-0.39, 0.29) is 27.0 Å². The first-order valence-corrected chi connectivity index (χ1v) is 10.1. The van der Waals surface area contributed by atoms with Gasteiger partial charge in [-0.3, -0.25) is 4.72 Å². The molecule has 0 saturated carbocycles. The van der Waals surface area contributed by atoms with E-state index in [1.54, 1.807) is 6.92 Å². The smallest absolute Gasteiger partial charge is 0.261 e. The summed E-state index contributed by atoms with van der Waals surface area (Å²) in [5.41, 5.74) is 0.158. The summed E-state index contributed by atoms with van der Waals surface area (Å²) in [7, 11) is -7.60. The van der Waals surface area contributed by atoms with Crippen molar-refractivity contribution in [3.05, 3.63) is 53.3 Å². The first kappa shape index (κ1) is 18.7. The third-order valence-corrected chi connectivity index (χ3v) is 6.18. The monoisotopic (exact) mass is 392 g/mol. The molecule has 130 valence electrons. The predicted octanol–water partition coefficient (Wildman–Crippen LogP) is 2.58. The number of anilines is 1. The molecule has 2 rings (SSSR count). The fourth-order valence-corrected chi connectivity index (χ4v) is 4.20. The van der Waals surface area contributed by atoms with Crippen LogP contribution >= 0.6 is 11.6 Å². The molecule has 0 unspecified atom stereocenters. The van der Waals surface area contributed by atoms with E-state index < -0.39 is 25.9 Å². The van der Waals surface area contributed by atoms with Crippen molar-refractivity contribution in [3.63, 3.8) is 0 Å². The normalized spacial score (nSPS) is 12.1. The van der Waals surface area contributed by atoms with Gasteiger partial charge in [0, 0.05) is 12.2 Å². The van der Waals surface area contributed by atoms with Gasteiger partial charge in [-0.2, -0.15) is 0 Å². The Hall–Kier alpha value is -1.68. The van der Waals surface area contributed by atoms with Gasteiger partial charge in [0.2, 0.25) is 10.0 Å². The van der Waals surface area contributed by atoms with Gasteiger partial charge in [-0.15, -0.1) is 0 Å². The molecular formula is C14H14ClFN2O4S2. The minimum Gasteiger partial charge on any atom is -0.280 e. The Balaban J connectivity index is 2.26. The first-order valence-electron chi connectivity index (χ1n) is 6.73. The summed E-state index contributed by atoms with van der Waals surface area (Å²) in [5, 5.41) is -0.315. The van der Waals surface area contributed by atoms with E-state index in [0.29, 0.717) is 0 Å². The van der Waals surface area contributed by atoms with Crippen LogP contribution in [0, 0.1) is 5.82 Å². The highest BCUT2D eigenvalue weighted by molar-refractivity contribution is 7.92. The molecule has 0 aromatic heterocycles. The van der Waals surface area contributed by atoms with Gasteiger partial charge in [0.25, 0.3) is 10.0 Å². The summed E-state index contributed by atoms with van der Waals surface area (Å²) in [4.78, 5) is -0.199. The number of hydrogen-bond acceptors (Lipinski definition) is 4. The zero-order chi connectivity index (χ0) is 18.0. The molecule has 2 aromatic carbocycles. The number of sulfonamides is 2. The topological polar surface area (TPSA) is 92.3 Å². The number of hydrogen-bond donors (Lipinski definition) is 2. The highest BCUT2D eigenvalue weighted by Crippen LogP contribution is 2.22. The van der Waals surface area contributed by atoms with E-state index in [2.05, 4.69) is 9.44 Å². The number of rotatable bonds is 6. The molecule has 0 heterocycles. The molecule has 0 amide bonds. The molecule has 0 aliphatic heterocycles. The van der Waals surface area contributed by atoms with Gasteiger partial charge < -0.3 is 0 Å². The van der Waals surface area contributed by atoms with Crippen molar-refractivity contribution in [3.8, 4) is 0 Å². The fraction of sp³-hybridized carbons (Fsp3) is 0.143. The zero-order valence-electron chi connectivity index (χ0n) is 12.5. The molecule has 0 fully saturated rings. The van der Waals surface area contributed by atoms with E-state index in [0.717, 1.165) is 18.2 Å². The molecule has 10 heteroatoms. The summed E-state index contributed by atoms with van der Waals surface area (Å²) in [6.07, 6.45) is 0. The highest BCUT2D eigenvalue weighted by atomic mass is 35.5. The van der Waals surface area contributed by atoms with Crippen LogP contribution in [0.4, 0.5) is 10.1 Å². The minimum absolute atomic E-state index is 0.0112. The minimum atomic E-state index is -3.98. The van der Waals surface area contributed by atoms with E-state index >= 15 is 0 Å². The molecule has 2 N–H and O–H groups in total. The van der Waals surface area contributed by atoms with E-state index in [1.165, 1.54) is 24.3 Å². The Morgan fingerprint density at radius 2 is 1.54 bits per heavy atom. The van der Waals surface area contributed by atoms with Crippen LogP contribution in [0.1, 0.15) is 6.92 Å². The van der Waals surface area contributed by atoms with Gasteiger partial charge in [-0.05, 0) is 42.5 Å². The number of nitrogens with one attached hydrogen (secondary N) is 2. The van der Waals surface area contributed by atoms with Gasteiger partial charge in [0.15, 0.2) is 0 Å². The van der Waals surface area contributed by atoms with Crippen molar-refractivity contribution in [2.75, 3.05) is 11.3 Å². The lowest BCUT2D eigenvalue weighted by Crippen LogP contribution is -2.23. The summed E-state index contributed by atoms with van der Waals surface area (Å²) in [6, 6.07) is 8.18. The van der Waals surface area contributed by atoms with Crippen molar-refractivity contribution in [2.45, 2.75) is 16.7 Å². The maximum absolute atomic E-state index is 13.1. The lowest BCUT2D eigenvalue weighted by atomic mass is 10.3. The second-order valence-electron chi connectivity index (χ2n) is 4.71. The van der Waals surface area contributed by atoms with Crippen LogP contribution in [0.25, 0.3) is 0 Å². The van der Waals surface area contributed by atoms with Crippen LogP contribution in [0.15, 0.2) is 52.3 Å². The molecule has 24 heavy (non-hydrogen) atoms. The molecule has 0 aliphatic carbocycles. The second-order valence-corrected chi connectivity index (χ2v) is 8.56. The summed E-state index contributed by atoms with van der Waals surface area (Å²) in [6.45, 7) is 1.88. The molecule has 0 saturated heterocycles. The SMILES string of the molecule is CCNS(=O)(=O)c1ccc(NS(=O)(=O)c2ccc(F)c(Cl)c2)cc1. The second kappa shape index (κ2) is 7.06. The lowest BCUT2D eigenvalue weighted by Gasteiger charge is -2.10. The van der Waals surface area contributed by atoms with Crippen LogP contribution in [0.3, 0.4) is 0 Å². The van der Waals surface area contributed by atoms with E-state index in [4.69, 9.17) is 11.6 Å². The van der Waals surface area contributed by atoms with Crippen LogP contribution in [0.2, 0.25) is 5.02 Å². The van der Waals surface area contributed by atoms with Gasteiger partial charge >= 0.3 is 0 Å². The van der Waals surface area contributed by atoms with Crippen LogP contribution in [-0.4, -0.2) is 23.4 Å². The highest BCUT2D eigenvalue weighted by Gasteiger charge is 2.17. The summed E-state index contributed by atoms with van der Waals surface area (Å²) < 4.78 is 65.8. The third-order valence-electron chi connectivity index (χ3n) is 2.95. The molecule has 0 aliphatic rings. The number of halogens is 2. The van der Waals surface area contributed by atoms with Gasteiger partial charge in [0.1, 0.15) is 5.82 Å². The van der Waals surface area contributed by atoms with Gasteiger partial charge in [0.05, 0.1) is 14.8 Å². The Kier molecular flexibility index (Phi) is 5.49. The largest absolute Gasteiger partial charge is 0.280 e. The fourth-order valence-electron chi connectivity index (χ4n) is 1.83. The van der Waals surface area contributed by atoms with E-state index in [1.807, 2.05) is 0 Å². The first-order chi connectivity index (χ1) is 11.2. The average Bonchev–Trinajstić information content (AvgIpc) is 2.50. The van der Waals surface area contributed by atoms with Gasteiger partial charge in [-0.1, -0.05) is 18.5 Å². The standard InChI is InChI=1S/C14H14ClFN2O4S2/c1-2-17-23(19,20)11-5-3-10(4-6-11)18-24(21,22)12-7-8-14(16)13(15)9-12/h3-9,17-18H,2H2,1H3. The summed E-state index contributed by atoms with van der Waals surface area (Å²) >= 11 is 5.58. The van der Waals surface area contributed by atoms with Crippen molar-refractivity contribution in [1.29, 1.82) is 0 Å². The summed E-state index contributed by atoms with van der Waals surface area (Å²) in [5.74, 6) is -0.728. The van der Waals surface area contributed by atoms with Crippen LogP contribution < -0.4 is 9.44 Å². The van der Waals surface area contributed by atoms with Crippen LogP contribution in [-0.2, 0) is 20.0 Å². The molecule has 6 nitrogen and oxygen atoms in total. The Morgan fingerprint density at radius 1 is 0.958 bits per heavy atom. The van der Waals surface area contributed by atoms with Gasteiger partial charge in [-0.25, -0.2) is 25.9 Å². The molecule has 0 radical (unpaired) electrons. The third kappa shape index (κ3) is 4.23. The molecule has 0 atom stereocenters. The van der Waals surface area contributed by atoms with Crippen molar-refractivity contribution in [1.82, 2.24) is 4.72 Å². The average molecular weight is 393 g/mol. The molecular weight excluding hydrogens is 379 g/mol. The zero-order valence-corrected chi connectivity index (χ0v) is 14.8. The maximum Gasteiger partial charge on any atom is 0.261 e. The molecule has 0 spiro atoms.